The van der Waals surface area contributed by atoms with E-state index in [4.69, 9.17) is 0 Å². The molecule has 0 bridgehead atoms. The second-order valence-electron chi connectivity index (χ2n) is 6.42. The van der Waals surface area contributed by atoms with E-state index in [2.05, 4.69) is 10.3 Å². The summed E-state index contributed by atoms with van der Waals surface area (Å²) in [6.07, 6.45) is 2.32. The van der Waals surface area contributed by atoms with Gasteiger partial charge in [-0.05, 0) is 48.6 Å². The predicted molar refractivity (Wildman–Crippen MR) is 92.1 cm³/mol. The molecule has 24 heavy (non-hydrogen) atoms. The maximum Gasteiger partial charge on any atom is 0.223 e. The van der Waals surface area contributed by atoms with Crippen LogP contribution < -0.4 is 5.32 Å². The number of aryl methyl sites for hydroxylation is 1. The zero-order valence-electron chi connectivity index (χ0n) is 13.3. The van der Waals surface area contributed by atoms with Gasteiger partial charge in [0.05, 0.1) is 0 Å². The molecule has 2 N–H and O–H groups in total. The Morgan fingerprint density at radius 3 is 2.88 bits per heavy atom. The van der Waals surface area contributed by atoms with E-state index < -0.39 is 0 Å². The fraction of sp³-hybridized carbons (Fsp3) is 0.250. The summed E-state index contributed by atoms with van der Waals surface area (Å²) < 4.78 is 13.6. The van der Waals surface area contributed by atoms with Gasteiger partial charge in [0.15, 0.2) is 0 Å². The minimum Gasteiger partial charge on any atom is -0.358 e. The van der Waals surface area contributed by atoms with Crippen molar-refractivity contribution in [3.63, 3.8) is 0 Å². The molecule has 0 spiro atoms. The molecule has 1 aliphatic rings. The third-order valence-corrected chi connectivity index (χ3v) is 4.83. The smallest absolute Gasteiger partial charge is 0.223 e. The van der Waals surface area contributed by atoms with Gasteiger partial charge in [-0.15, -0.1) is 0 Å². The fourth-order valence-corrected chi connectivity index (χ4v) is 3.54. The molecule has 0 fully saturated rings. The fourth-order valence-electron chi connectivity index (χ4n) is 3.54. The van der Waals surface area contributed by atoms with Gasteiger partial charge in [-0.1, -0.05) is 30.3 Å². The molecule has 1 unspecified atom stereocenters. The van der Waals surface area contributed by atoms with Crippen molar-refractivity contribution in [2.45, 2.75) is 25.8 Å². The summed E-state index contributed by atoms with van der Waals surface area (Å²) in [5, 5.41) is 3.94. The van der Waals surface area contributed by atoms with Gasteiger partial charge < -0.3 is 10.3 Å². The molecule has 1 aliphatic carbocycles. The number of nitrogens with one attached hydrogen (secondary N) is 2. The van der Waals surface area contributed by atoms with E-state index in [1.54, 1.807) is 12.1 Å². The number of hydrogen-bond donors (Lipinski definition) is 2. The monoisotopic (exact) mass is 322 g/mol. The summed E-state index contributed by atoms with van der Waals surface area (Å²) in [5.41, 5.74) is 4.28. The van der Waals surface area contributed by atoms with Gasteiger partial charge >= 0.3 is 0 Å². The van der Waals surface area contributed by atoms with E-state index in [1.165, 1.54) is 6.07 Å². The SMILES string of the molecule is O=C(NCc1ccccc1)C1CCc2[nH]c3ccc(F)cc3c2C1. The van der Waals surface area contributed by atoms with Crippen LogP contribution in [0.2, 0.25) is 0 Å². The first kappa shape index (κ1) is 14.9. The Bertz CT molecular complexity index is 885. The van der Waals surface area contributed by atoms with Crippen molar-refractivity contribution in [1.29, 1.82) is 0 Å². The molecule has 1 heterocycles. The molecule has 1 aromatic heterocycles. The number of halogens is 1. The molecule has 4 heteroatoms. The van der Waals surface area contributed by atoms with Crippen LogP contribution in [0.3, 0.4) is 0 Å². The molecular formula is C20H19FN2O. The van der Waals surface area contributed by atoms with E-state index >= 15 is 0 Å². The molecule has 3 nitrogen and oxygen atoms in total. The Morgan fingerprint density at radius 1 is 1.21 bits per heavy atom. The topological polar surface area (TPSA) is 44.9 Å². The number of rotatable bonds is 3. The molecule has 0 aliphatic heterocycles. The molecule has 2 aromatic carbocycles. The summed E-state index contributed by atoms with van der Waals surface area (Å²) >= 11 is 0. The molecule has 0 saturated heterocycles. The van der Waals surface area contributed by atoms with Crippen molar-refractivity contribution in [3.8, 4) is 0 Å². The Balaban J connectivity index is 1.50. The standard InChI is InChI=1S/C20H19FN2O/c21-15-7-9-19-17(11-15)16-10-14(6-8-18(16)23-19)20(24)22-12-13-4-2-1-3-5-13/h1-5,7,9,11,14,23H,6,8,10,12H2,(H,22,24). The average Bonchev–Trinajstić information content (AvgIpc) is 2.97. The van der Waals surface area contributed by atoms with Crippen LogP contribution in [-0.2, 0) is 24.2 Å². The summed E-state index contributed by atoms with van der Waals surface area (Å²) in [5.74, 6) is -0.210. The Kier molecular flexibility index (Phi) is 3.81. The maximum absolute atomic E-state index is 13.6. The van der Waals surface area contributed by atoms with Gasteiger partial charge in [-0.25, -0.2) is 4.39 Å². The number of aromatic nitrogens is 1. The van der Waals surface area contributed by atoms with Gasteiger partial charge in [-0.2, -0.15) is 0 Å². The zero-order chi connectivity index (χ0) is 16.5. The molecule has 4 rings (SSSR count). The molecular weight excluding hydrogens is 303 g/mol. The highest BCUT2D eigenvalue weighted by atomic mass is 19.1. The lowest BCUT2D eigenvalue weighted by molar-refractivity contribution is -0.125. The van der Waals surface area contributed by atoms with E-state index in [0.717, 1.165) is 40.6 Å². The maximum atomic E-state index is 13.6. The third-order valence-electron chi connectivity index (χ3n) is 4.83. The normalized spacial score (nSPS) is 16.8. The number of H-pyrrole nitrogens is 1. The quantitative estimate of drug-likeness (QED) is 0.758. The van der Waals surface area contributed by atoms with Crippen LogP contribution in [0.5, 0.6) is 0 Å². The van der Waals surface area contributed by atoms with Crippen molar-refractivity contribution in [1.82, 2.24) is 10.3 Å². The number of aromatic amines is 1. The van der Waals surface area contributed by atoms with Gasteiger partial charge in [0.1, 0.15) is 5.82 Å². The number of carbonyl (C=O) groups is 1. The molecule has 1 atom stereocenters. The molecule has 1 amide bonds. The van der Waals surface area contributed by atoms with Crippen molar-refractivity contribution in [2.24, 2.45) is 5.92 Å². The van der Waals surface area contributed by atoms with Crippen LogP contribution in [0.1, 0.15) is 23.2 Å². The largest absolute Gasteiger partial charge is 0.358 e. The van der Waals surface area contributed by atoms with Gasteiger partial charge in [0.2, 0.25) is 5.91 Å². The van der Waals surface area contributed by atoms with Crippen molar-refractivity contribution < 1.29 is 9.18 Å². The van der Waals surface area contributed by atoms with Gasteiger partial charge in [0, 0.05) is 29.1 Å². The minimum absolute atomic E-state index is 0.0523. The first-order valence-electron chi connectivity index (χ1n) is 8.31. The number of hydrogen-bond acceptors (Lipinski definition) is 1. The Morgan fingerprint density at radius 2 is 2.04 bits per heavy atom. The van der Waals surface area contributed by atoms with Gasteiger partial charge in [0.25, 0.3) is 0 Å². The first-order valence-corrected chi connectivity index (χ1v) is 8.31. The van der Waals surface area contributed by atoms with Crippen LogP contribution in [0, 0.1) is 11.7 Å². The second kappa shape index (κ2) is 6.11. The summed E-state index contributed by atoms with van der Waals surface area (Å²) in [7, 11) is 0. The lowest BCUT2D eigenvalue weighted by Gasteiger charge is -2.22. The molecule has 122 valence electrons. The van der Waals surface area contributed by atoms with E-state index in [9.17, 15) is 9.18 Å². The van der Waals surface area contributed by atoms with E-state index in [0.29, 0.717) is 13.0 Å². The third kappa shape index (κ3) is 2.80. The average molecular weight is 322 g/mol. The van der Waals surface area contributed by atoms with Crippen LogP contribution in [0.15, 0.2) is 48.5 Å². The second-order valence-corrected chi connectivity index (χ2v) is 6.42. The van der Waals surface area contributed by atoms with Crippen molar-refractivity contribution >= 4 is 16.8 Å². The first-order chi connectivity index (χ1) is 11.7. The number of carbonyl (C=O) groups excluding carboxylic acids is 1. The highest BCUT2D eigenvalue weighted by molar-refractivity contribution is 5.87. The highest BCUT2D eigenvalue weighted by Crippen LogP contribution is 2.32. The minimum atomic E-state index is -0.236. The number of fused-ring (bicyclic) bond motifs is 3. The zero-order valence-corrected chi connectivity index (χ0v) is 13.3. The van der Waals surface area contributed by atoms with Crippen LogP contribution in [0.4, 0.5) is 4.39 Å². The van der Waals surface area contributed by atoms with Crippen LogP contribution >= 0.6 is 0 Å². The highest BCUT2D eigenvalue weighted by Gasteiger charge is 2.27. The molecule has 3 aromatic rings. The molecule has 0 saturated carbocycles. The Labute approximate surface area is 139 Å². The lowest BCUT2D eigenvalue weighted by atomic mass is 9.86. The predicted octanol–water partition coefficient (Wildman–Crippen LogP) is 3.73. The van der Waals surface area contributed by atoms with Crippen molar-refractivity contribution in [3.05, 3.63) is 71.2 Å². The van der Waals surface area contributed by atoms with Gasteiger partial charge in [-0.3, -0.25) is 4.79 Å². The number of benzene rings is 2. The van der Waals surface area contributed by atoms with Crippen LogP contribution in [-0.4, -0.2) is 10.9 Å². The Hall–Kier alpha value is -2.62. The summed E-state index contributed by atoms with van der Waals surface area (Å²) in [6.45, 7) is 0.547. The van der Waals surface area contributed by atoms with E-state index in [1.807, 2.05) is 30.3 Å². The lowest BCUT2D eigenvalue weighted by Crippen LogP contribution is -2.33. The number of amides is 1. The van der Waals surface area contributed by atoms with E-state index in [-0.39, 0.29) is 17.6 Å². The van der Waals surface area contributed by atoms with Crippen LogP contribution in [0.25, 0.3) is 10.9 Å². The van der Waals surface area contributed by atoms with Crippen molar-refractivity contribution in [2.75, 3.05) is 0 Å². The molecule has 0 radical (unpaired) electrons. The summed E-state index contributed by atoms with van der Waals surface area (Å²) in [4.78, 5) is 15.9. The summed E-state index contributed by atoms with van der Waals surface area (Å²) in [6, 6.07) is 14.7.